The second-order valence-corrected chi connectivity index (χ2v) is 5.06. The van der Waals surface area contributed by atoms with E-state index in [-0.39, 0.29) is 12.0 Å². The van der Waals surface area contributed by atoms with Crippen LogP contribution in [-0.2, 0) is 0 Å². The first-order valence-corrected chi connectivity index (χ1v) is 6.09. The number of anilines is 2. The zero-order valence-corrected chi connectivity index (χ0v) is 11.8. The van der Waals surface area contributed by atoms with Gasteiger partial charge in [-0.15, -0.1) is 0 Å². The van der Waals surface area contributed by atoms with Gasteiger partial charge >= 0.3 is 6.01 Å². The van der Waals surface area contributed by atoms with E-state index in [1.54, 1.807) is 6.92 Å². The van der Waals surface area contributed by atoms with Crippen molar-refractivity contribution in [3.8, 4) is 6.01 Å². The molecule has 0 spiro atoms. The normalized spacial score (nSPS) is 14.1. The first-order valence-electron chi connectivity index (χ1n) is 6.09. The standard InChI is InChI=1S/C11H22N6O2/c1-7(2)5-11(3,18)6-13-8-14-9(17-12)16-10(15-8)19-4/h7,18H,5-6,12H2,1-4H3,(H2,13,14,15,16,17). The second-order valence-electron chi connectivity index (χ2n) is 5.06. The molecule has 5 N–H and O–H groups in total. The van der Waals surface area contributed by atoms with Crippen LogP contribution in [0.2, 0.25) is 0 Å². The third-order valence-electron chi connectivity index (χ3n) is 2.40. The highest BCUT2D eigenvalue weighted by Gasteiger charge is 2.22. The van der Waals surface area contributed by atoms with Gasteiger partial charge < -0.3 is 15.2 Å². The third kappa shape index (κ3) is 5.23. The Kier molecular flexibility index (Phi) is 5.25. The van der Waals surface area contributed by atoms with Crippen LogP contribution in [0.15, 0.2) is 0 Å². The zero-order chi connectivity index (χ0) is 14.5. The summed E-state index contributed by atoms with van der Waals surface area (Å²) in [6.07, 6.45) is 0.671. The van der Waals surface area contributed by atoms with E-state index in [0.29, 0.717) is 24.8 Å². The molecule has 0 bridgehead atoms. The number of hydrazine groups is 1. The monoisotopic (exact) mass is 270 g/mol. The Morgan fingerprint density at radius 2 is 1.95 bits per heavy atom. The quantitative estimate of drug-likeness (QED) is 0.414. The maximum atomic E-state index is 10.2. The summed E-state index contributed by atoms with van der Waals surface area (Å²) in [5.74, 6) is 6.14. The first-order chi connectivity index (χ1) is 8.86. The van der Waals surface area contributed by atoms with Crippen molar-refractivity contribution < 1.29 is 9.84 Å². The summed E-state index contributed by atoms with van der Waals surface area (Å²) in [6.45, 7) is 6.19. The summed E-state index contributed by atoms with van der Waals surface area (Å²) < 4.78 is 4.93. The molecule has 108 valence electrons. The molecule has 8 nitrogen and oxygen atoms in total. The van der Waals surface area contributed by atoms with Crippen LogP contribution in [0.25, 0.3) is 0 Å². The van der Waals surface area contributed by atoms with E-state index in [4.69, 9.17) is 10.6 Å². The molecule has 0 aliphatic rings. The molecule has 1 aromatic rings. The molecule has 8 heteroatoms. The minimum atomic E-state index is -0.843. The number of rotatable bonds is 7. The van der Waals surface area contributed by atoms with Gasteiger partial charge in [0.25, 0.3) is 0 Å². The van der Waals surface area contributed by atoms with Crippen LogP contribution >= 0.6 is 0 Å². The fourth-order valence-electron chi connectivity index (χ4n) is 1.81. The predicted octanol–water partition coefficient (Wildman–Crippen LogP) is 0.375. The molecule has 0 saturated heterocycles. The van der Waals surface area contributed by atoms with E-state index in [1.807, 2.05) is 0 Å². The number of nitrogens with one attached hydrogen (secondary N) is 2. The van der Waals surface area contributed by atoms with Gasteiger partial charge in [0.1, 0.15) is 0 Å². The van der Waals surface area contributed by atoms with E-state index in [9.17, 15) is 5.11 Å². The molecule has 1 atom stereocenters. The molecule has 1 rings (SSSR count). The molecular formula is C11H22N6O2. The summed E-state index contributed by atoms with van der Waals surface area (Å²) in [7, 11) is 1.45. The lowest BCUT2D eigenvalue weighted by Gasteiger charge is -2.25. The smallest absolute Gasteiger partial charge is 0.322 e. The van der Waals surface area contributed by atoms with Crippen molar-refractivity contribution in [2.45, 2.75) is 32.8 Å². The van der Waals surface area contributed by atoms with E-state index in [2.05, 4.69) is 39.5 Å². The molecule has 1 unspecified atom stereocenters. The van der Waals surface area contributed by atoms with Crippen molar-refractivity contribution in [3.05, 3.63) is 0 Å². The summed E-state index contributed by atoms with van der Waals surface area (Å²) in [5.41, 5.74) is 1.48. The molecule has 1 aromatic heterocycles. The number of aliphatic hydroxyl groups is 1. The predicted molar refractivity (Wildman–Crippen MR) is 72.8 cm³/mol. The first kappa shape index (κ1) is 15.4. The number of nitrogens with two attached hydrogens (primary N) is 1. The van der Waals surface area contributed by atoms with Crippen LogP contribution in [0.1, 0.15) is 27.2 Å². The Balaban J connectivity index is 2.71. The van der Waals surface area contributed by atoms with Crippen molar-refractivity contribution in [2.75, 3.05) is 24.4 Å². The average Bonchev–Trinajstić information content (AvgIpc) is 2.34. The SMILES string of the molecule is COc1nc(NN)nc(NCC(C)(O)CC(C)C)n1. The van der Waals surface area contributed by atoms with Gasteiger partial charge in [-0.3, -0.25) is 5.43 Å². The highest BCUT2D eigenvalue weighted by Crippen LogP contribution is 2.17. The molecular weight excluding hydrogens is 248 g/mol. The number of methoxy groups -OCH3 is 1. The maximum Gasteiger partial charge on any atom is 0.322 e. The van der Waals surface area contributed by atoms with Gasteiger partial charge in [0.2, 0.25) is 11.9 Å². The van der Waals surface area contributed by atoms with Gasteiger partial charge in [-0.1, -0.05) is 13.8 Å². The Labute approximate surface area is 112 Å². The van der Waals surface area contributed by atoms with Gasteiger partial charge in [0.05, 0.1) is 12.7 Å². The molecule has 0 amide bonds. The topological polar surface area (TPSA) is 118 Å². The highest BCUT2D eigenvalue weighted by atomic mass is 16.5. The molecule has 0 fully saturated rings. The zero-order valence-electron chi connectivity index (χ0n) is 11.8. The molecule has 0 aromatic carbocycles. The largest absolute Gasteiger partial charge is 0.467 e. The maximum absolute atomic E-state index is 10.2. The Hall–Kier alpha value is -1.67. The summed E-state index contributed by atoms with van der Waals surface area (Å²) in [4.78, 5) is 11.9. The Morgan fingerprint density at radius 3 is 2.47 bits per heavy atom. The number of nitrogen functional groups attached to an aromatic ring is 1. The van der Waals surface area contributed by atoms with Crippen molar-refractivity contribution in [1.82, 2.24) is 15.0 Å². The molecule has 0 aliphatic heterocycles. The van der Waals surface area contributed by atoms with E-state index < -0.39 is 5.60 Å². The number of nitrogens with zero attached hydrogens (tertiary/aromatic N) is 3. The lowest BCUT2D eigenvalue weighted by Crippen LogP contribution is -2.35. The van der Waals surface area contributed by atoms with Crippen LogP contribution in [0.4, 0.5) is 11.9 Å². The van der Waals surface area contributed by atoms with Gasteiger partial charge in [-0.25, -0.2) is 5.84 Å². The minimum Gasteiger partial charge on any atom is -0.467 e. The Morgan fingerprint density at radius 1 is 1.32 bits per heavy atom. The van der Waals surface area contributed by atoms with Crippen LogP contribution in [0, 0.1) is 5.92 Å². The van der Waals surface area contributed by atoms with Gasteiger partial charge in [-0.2, -0.15) is 15.0 Å². The lowest BCUT2D eigenvalue weighted by molar-refractivity contribution is 0.0513. The molecule has 1 heterocycles. The van der Waals surface area contributed by atoms with Crippen molar-refractivity contribution in [1.29, 1.82) is 0 Å². The summed E-state index contributed by atoms with van der Waals surface area (Å²) in [6, 6.07) is 0.147. The summed E-state index contributed by atoms with van der Waals surface area (Å²) in [5, 5.41) is 13.1. The van der Waals surface area contributed by atoms with Crippen LogP contribution in [0.5, 0.6) is 6.01 Å². The Bertz CT molecular complexity index is 388. The van der Waals surface area contributed by atoms with Crippen LogP contribution < -0.4 is 21.3 Å². The number of aromatic nitrogens is 3. The minimum absolute atomic E-state index is 0.147. The fourth-order valence-corrected chi connectivity index (χ4v) is 1.81. The van der Waals surface area contributed by atoms with Gasteiger partial charge in [0, 0.05) is 6.54 Å². The van der Waals surface area contributed by atoms with Gasteiger partial charge in [-0.05, 0) is 19.3 Å². The van der Waals surface area contributed by atoms with Crippen LogP contribution in [-0.4, -0.2) is 39.3 Å². The number of hydrogen-bond donors (Lipinski definition) is 4. The van der Waals surface area contributed by atoms with E-state index in [0.717, 1.165) is 0 Å². The molecule has 0 aliphatic carbocycles. The van der Waals surface area contributed by atoms with E-state index in [1.165, 1.54) is 7.11 Å². The second kappa shape index (κ2) is 6.48. The number of hydrogen-bond acceptors (Lipinski definition) is 8. The van der Waals surface area contributed by atoms with Crippen molar-refractivity contribution in [3.63, 3.8) is 0 Å². The van der Waals surface area contributed by atoms with E-state index >= 15 is 0 Å². The summed E-state index contributed by atoms with van der Waals surface area (Å²) >= 11 is 0. The molecule has 0 saturated carbocycles. The third-order valence-corrected chi connectivity index (χ3v) is 2.40. The highest BCUT2D eigenvalue weighted by molar-refractivity contribution is 5.35. The molecule has 19 heavy (non-hydrogen) atoms. The number of ether oxygens (including phenoxy) is 1. The van der Waals surface area contributed by atoms with Gasteiger partial charge in [0.15, 0.2) is 0 Å². The molecule has 0 radical (unpaired) electrons. The van der Waals surface area contributed by atoms with Crippen molar-refractivity contribution >= 4 is 11.9 Å². The van der Waals surface area contributed by atoms with Crippen LogP contribution in [0.3, 0.4) is 0 Å². The fraction of sp³-hybridized carbons (Fsp3) is 0.727. The average molecular weight is 270 g/mol. The van der Waals surface area contributed by atoms with Crippen molar-refractivity contribution in [2.24, 2.45) is 11.8 Å². The lowest BCUT2D eigenvalue weighted by atomic mass is 9.94.